The molecule has 2 atom stereocenters. The summed E-state index contributed by atoms with van der Waals surface area (Å²) in [5.41, 5.74) is 19.0. The first-order valence-electron chi connectivity index (χ1n) is 21.2. The molecule has 0 N–H and O–H groups in total. The maximum absolute atomic E-state index is 6.42. The Morgan fingerprint density at radius 1 is 0.700 bits per heavy atom. The first-order chi connectivity index (χ1) is 29.4. The van der Waals surface area contributed by atoms with Crippen molar-refractivity contribution in [2.24, 2.45) is 5.92 Å². The molecule has 6 aromatic carbocycles. The number of hydrogen-bond acceptors (Lipinski definition) is 2. The highest BCUT2D eigenvalue weighted by molar-refractivity contribution is 7.26. The van der Waals surface area contributed by atoms with Crippen molar-refractivity contribution in [3.8, 4) is 23.5 Å². The van der Waals surface area contributed by atoms with E-state index in [1.807, 2.05) is 11.3 Å². The molecule has 4 aliphatic rings. The van der Waals surface area contributed by atoms with E-state index in [4.69, 9.17) is 6.42 Å². The maximum Gasteiger partial charge on any atom is 0.0458 e. The zero-order valence-corrected chi connectivity index (χ0v) is 35.1. The molecular weight excluding hydrogens is 743 g/mol. The zero-order valence-electron chi connectivity index (χ0n) is 34.2. The van der Waals surface area contributed by atoms with Crippen LogP contribution in [0.5, 0.6) is 0 Å². The number of anilines is 2. The van der Waals surface area contributed by atoms with Gasteiger partial charge < -0.3 is 4.90 Å². The largest absolute Gasteiger partial charge is 0.314 e. The number of terminal acetylenes is 1. The van der Waals surface area contributed by atoms with Crippen molar-refractivity contribution < 1.29 is 0 Å². The van der Waals surface area contributed by atoms with E-state index in [0.29, 0.717) is 5.92 Å². The van der Waals surface area contributed by atoms with E-state index in [0.717, 1.165) is 35.4 Å². The van der Waals surface area contributed by atoms with Gasteiger partial charge in [0.15, 0.2) is 0 Å². The minimum atomic E-state index is 0.0180. The molecule has 0 bridgehead atoms. The van der Waals surface area contributed by atoms with Crippen LogP contribution in [-0.2, 0) is 5.41 Å². The van der Waals surface area contributed by atoms with Gasteiger partial charge in [0.1, 0.15) is 0 Å². The number of allylic oxidation sites excluding steroid dienone is 12. The lowest BCUT2D eigenvalue weighted by molar-refractivity contribution is 0.613. The van der Waals surface area contributed by atoms with E-state index in [1.165, 1.54) is 81.5 Å². The summed E-state index contributed by atoms with van der Waals surface area (Å²) < 4.78 is 2.65. The smallest absolute Gasteiger partial charge is 0.0458 e. The van der Waals surface area contributed by atoms with E-state index in [9.17, 15) is 0 Å². The second-order valence-corrected chi connectivity index (χ2v) is 18.1. The summed E-state index contributed by atoms with van der Waals surface area (Å²) >= 11 is 1.88. The summed E-state index contributed by atoms with van der Waals surface area (Å²) in [5.74, 6) is 3.71. The van der Waals surface area contributed by atoms with Gasteiger partial charge in [0, 0.05) is 60.1 Å². The van der Waals surface area contributed by atoms with Crippen LogP contribution in [0.3, 0.4) is 0 Å². The fraction of sp³-hybridized carbons (Fsp3) is 0.138. The summed E-state index contributed by atoms with van der Waals surface area (Å²) in [5, 5.41) is 2.64. The van der Waals surface area contributed by atoms with Gasteiger partial charge in [-0.05, 0) is 112 Å². The second kappa shape index (κ2) is 14.3. The first kappa shape index (κ1) is 36.4. The van der Waals surface area contributed by atoms with Crippen molar-refractivity contribution in [3.63, 3.8) is 0 Å². The topological polar surface area (TPSA) is 3.24 Å². The van der Waals surface area contributed by atoms with Gasteiger partial charge in [0.05, 0.1) is 0 Å². The van der Waals surface area contributed by atoms with E-state index >= 15 is 0 Å². The van der Waals surface area contributed by atoms with Crippen LogP contribution in [0.4, 0.5) is 11.4 Å². The summed E-state index contributed by atoms with van der Waals surface area (Å²) in [6.07, 6.45) is 22.1. The minimum Gasteiger partial charge on any atom is -0.314 e. The molecule has 288 valence electrons. The summed E-state index contributed by atoms with van der Waals surface area (Å²) in [7, 11) is 0. The number of hydrogen-bond donors (Lipinski definition) is 0. The Bertz CT molecular complexity index is 3130. The molecule has 2 unspecified atom stereocenters. The summed E-state index contributed by atoms with van der Waals surface area (Å²) in [4.78, 5) is 2.45. The van der Waals surface area contributed by atoms with Gasteiger partial charge in [0.2, 0.25) is 0 Å². The first-order valence-corrected chi connectivity index (χ1v) is 22.0. The molecule has 2 heteroatoms. The molecule has 0 radical (unpaired) electrons. The van der Waals surface area contributed by atoms with Crippen LogP contribution in [0.15, 0.2) is 193 Å². The van der Waals surface area contributed by atoms with Crippen molar-refractivity contribution in [3.05, 3.63) is 221 Å². The standard InChI is InChI=1S/C58H45NS/c1-5-14-45-43(6-2)53-36-42(32-34-48(53)47-16-8-7-15-46(45)47)59(41-30-25-38(26-31-41)44-19-13-20-52-51-18-10-12-22-56(51)60-57(44)52)40-28-23-37(24-29-40)39-27-33-50-49-17-9-11-21-54(49)58(3,4)55(50)35-39/h2,5,7-32,34-35,50,53H,33,36H2,1,3-4H3/b14-5-. The molecule has 0 aliphatic heterocycles. The normalized spacial score (nSPS) is 18.8. The Hall–Kier alpha value is -6.66. The fourth-order valence-corrected chi connectivity index (χ4v) is 11.8. The van der Waals surface area contributed by atoms with Crippen molar-refractivity contribution in [2.45, 2.75) is 44.9 Å². The SMILES string of the molecule is C#CC1=C(/C=C\C)c2ccccc2C2=CC=C(N(c3ccc(C4=CCC5C(=C4)C(C)(C)c4ccccc45)cc3)c3ccc(-c4cccc5c4sc4ccccc45)cc3)CC21. The molecule has 0 saturated heterocycles. The van der Waals surface area contributed by atoms with Gasteiger partial charge >= 0.3 is 0 Å². The third kappa shape index (κ3) is 5.68. The molecular formula is C58H45NS. The Labute approximate surface area is 357 Å². The van der Waals surface area contributed by atoms with Crippen LogP contribution in [0.2, 0.25) is 0 Å². The lowest BCUT2D eigenvalue weighted by Gasteiger charge is -2.37. The number of thiophene rings is 1. The Kier molecular flexibility index (Phi) is 8.66. The van der Waals surface area contributed by atoms with Crippen LogP contribution in [0.25, 0.3) is 48.0 Å². The van der Waals surface area contributed by atoms with Crippen LogP contribution in [0, 0.1) is 18.3 Å². The van der Waals surface area contributed by atoms with Crippen LogP contribution in [0.1, 0.15) is 67.3 Å². The van der Waals surface area contributed by atoms with Crippen molar-refractivity contribution >= 4 is 59.6 Å². The van der Waals surface area contributed by atoms with Gasteiger partial charge in [-0.2, -0.15) is 0 Å². The number of fused-ring (bicyclic) bond motifs is 9. The molecule has 60 heavy (non-hydrogen) atoms. The third-order valence-electron chi connectivity index (χ3n) is 13.5. The molecule has 1 nitrogen and oxygen atoms in total. The molecule has 4 aliphatic carbocycles. The van der Waals surface area contributed by atoms with Gasteiger partial charge in [-0.1, -0.05) is 165 Å². The second-order valence-electron chi connectivity index (χ2n) is 17.0. The van der Waals surface area contributed by atoms with Crippen LogP contribution < -0.4 is 4.90 Å². The number of nitrogens with zero attached hydrogens (tertiary/aromatic N) is 1. The van der Waals surface area contributed by atoms with Gasteiger partial charge in [0.25, 0.3) is 0 Å². The van der Waals surface area contributed by atoms with Crippen LogP contribution in [-0.4, -0.2) is 0 Å². The average molecular weight is 788 g/mol. The Balaban J connectivity index is 0.998. The Morgan fingerprint density at radius 2 is 1.38 bits per heavy atom. The summed E-state index contributed by atoms with van der Waals surface area (Å²) in [6, 6.07) is 51.6. The van der Waals surface area contributed by atoms with Crippen molar-refractivity contribution in [2.75, 3.05) is 4.90 Å². The molecule has 0 fully saturated rings. The zero-order chi connectivity index (χ0) is 40.5. The molecule has 1 aromatic heterocycles. The summed E-state index contributed by atoms with van der Waals surface area (Å²) in [6.45, 7) is 6.85. The molecule has 11 rings (SSSR count). The van der Waals surface area contributed by atoms with Crippen LogP contribution >= 0.6 is 11.3 Å². The van der Waals surface area contributed by atoms with Gasteiger partial charge in [-0.3, -0.25) is 0 Å². The predicted molar refractivity (Wildman–Crippen MR) is 257 cm³/mol. The highest BCUT2D eigenvalue weighted by atomic mass is 32.1. The molecule has 0 amide bonds. The maximum atomic E-state index is 6.42. The van der Waals surface area contributed by atoms with E-state index in [1.54, 1.807) is 0 Å². The lowest BCUT2D eigenvalue weighted by Crippen LogP contribution is -2.24. The average Bonchev–Trinajstić information content (AvgIpc) is 3.79. The third-order valence-corrected chi connectivity index (χ3v) is 14.7. The molecule has 0 saturated carbocycles. The Morgan fingerprint density at radius 3 is 2.17 bits per heavy atom. The van der Waals surface area contributed by atoms with Gasteiger partial charge in [-0.15, -0.1) is 17.8 Å². The predicted octanol–water partition coefficient (Wildman–Crippen LogP) is 15.6. The van der Waals surface area contributed by atoms with Gasteiger partial charge in [-0.25, -0.2) is 0 Å². The highest BCUT2D eigenvalue weighted by Gasteiger charge is 2.42. The molecule has 1 heterocycles. The molecule has 7 aromatic rings. The quantitative estimate of drug-likeness (QED) is 0.152. The number of benzene rings is 6. The fourth-order valence-electron chi connectivity index (χ4n) is 10.6. The van der Waals surface area contributed by atoms with E-state index in [2.05, 4.69) is 208 Å². The molecule has 0 spiro atoms. The van der Waals surface area contributed by atoms with Crippen molar-refractivity contribution in [1.29, 1.82) is 0 Å². The van der Waals surface area contributed by atoms with E-state index in [-0.39, 0.29) is 11.3 Å². The monoisotopic (exact) mass is 787 g/mol. The lowest BCUT2D eigenvalue weighted by atomic mass is 9.71. The minimum absolute atomic E-state index is 0.0180. The van der Waals surface area contributed by atoms with Crippen molar-refractivity contribution in [1.82, 2.24) is 0 Å². The highest BCUT2D eigenvalue weighted by Crippen LogP contribution is 2.54. The van der Waals surface area contributed by atoms with E-state index < -0.39 is 0 Å². The number of rotatable bonds is 6.